The van der Waals surface area contributed by atoms with Crippen LogP contribution in [0.3, 0.4) is 0 Å². The molecule has 0 saturated heterocycles. The van der Waals surface area contributed by atoms with Crippen LogP contribution in [0, 0.1) is 0 Å². The second-order valence-electron chi connectivity index (χ2n) is 4.46. The Kier molecular flexibility index (Phi) is 4.98. The molecule has 114 valence electrons. The topological polar surface area (TPSA) is 90.7 Å². The van der Waals surface area contributed by atoms with Gasteiger partial charge in [-0.3, -0.25) is 9.59 Å². The van der Waals surface area contributed by atoms with Crippen molar-refractivity contribution >= 4 is 17.5 Å². The summed E-state index contributed by atoms with van der Waals surface area (Å²) in [7, 11) is 1.57. The normalized spacial score (nSPS) is 9.86. The maximum atomic E-state index is 12.1. The van der Waals surface area contributed by atoms with Gasteiger partial charge in [0.25, 0.3) is 11.8 Å². The fourth-order valence-corrected chi connectivity index (χ4v) is 1.73. The molecule has 0 aliphatic rings. The van der Waals surface area contributed by atoms with E-state index in [-0.39, 0.29) is 12.5 Å². The molecule has 0 aromatic heterocycles. The molecule has 6 heteroatoms. The molecule has 0 fully saturated rings. The number of methoxy groups -OCH3 is 1. The van der Waals surface area contributed by atoms with Gasteiger partial charge in [-0.25, -0.2) is 0 Å². The summed E-state index contributed by atoms with van der Waals surface area (Å²) < 4.78 is 10.2. The molecule has 0 aliphatic heterocycles. The predicted molar refractivity (Wildman–Crippen MR) is 82.1 cm³/mol. The van der Waals surface area contributed by atoms with E-state index in [2.05, 4.69) is 5.32 Å². The lowest BCUT2D eigenvalue weighted by Gasteiger charge is -2.08. The zero-order chi connectivity index (χ0) is 15.9. The highest BCUT2D eigenvalue weighted by Gasteiger charge is 2.06. The summed E-state index contributed by atoms with van der Waals surface area (Å²) in [5, 5.41) is 2.76. The Labute approximate surface area is 127 Å². The summed E-state index contributed by atoms with van der Waals surface area (Å²) in [6.45, 7) is -0.183. The minimum Gasteiger partial charge on any atom is -0.497 e. The highest BCUT2D eigenvalue weighted by atomic mass is 16.5. The fraction of sp³-hybridized carbons (Fsp3) is 0.125. The molecule has 0 bridgehead atoms. The third-order valence-corrected chi connectivity index (χ3v) is 2.85. The van der Waals surface area contributed by atoms with Crippen LogP contribution in [-0.4, -0.2) is 25.5 Å². The molecule has 3 N–H and O–H groups in total. The monoisotopic (exact) mass is 300 g/mol. The highest BCUT2D eigenvalue weighted by Crippen LogP contribution is 2.17. The number of hydrogen-bond acceptors (Lipinski definition) is 4. The molecule has 0 spiro atoms. The van der Waals surface area contributed by atoms with E-state index in [1.807, 2.05) is 0 Å². The first-order chi connectivity index (χ1) is 10.6. The van der Waals surface area contributed by atoms with Crippen molar-refractivity contribution in [2.24, 2.45) is 5.73 Å². The largest absolute Gasteiger partial charge is 0.497 e. The van der Waals surface area contributed by atoms with Crippen molar-refractivity contribution in [2.75, 3.05) is 19.0 Å². The summed E-state index contributed by atoms with van der Waals surface area (Å²) in [6.07, 6.45) is 0. The molecule has 2 rings (SSSR count). The van der Waals surface area contributed by atoms with E-state index in [9.17, 15) is 9.59 Å². The molecule has 0 saturated carbocycles. The van der Waals surface area contributed by atoms with Gasteiger partial charge in [-0.2, -0.15) is 0 Å². The van der Waals surface area contributed by atoms with Crippen LogP contribution in [-0.2, 0) is 4.79 Å². The molecule has 0 heterocycles. The van der Waals surface area contributed by atoms with Crippen molar-refractivity contribution in [1.82, 2.24) is 0 Å². The van der Waals surface area contributed by atoms with Crippen LogP contribution in [0.4, 0.5) is 5.69 Å². The van der Waals surface area contributed by atoms with Crippen molar-refractivity contribution in [3.05, 3.63) is 54.1 Å². The third kappa shape index (κ3) is 4.24. The van der Waals surface area contributed by atoms with Gasteiger partial charge in [-0.05, 0) is 48.5 Å². The Morgan fingerprint density at radius 1 is 1.00 bits per heavy atom. The van der Waals surface area contributed by atoms with Gasteiger partial charge < -0.3 is 20.5 Å². The van der Waals surface area contributed by atoms with Crippen LogP contribution >= 0.6 is 0 Å². The number of rotatable bonds is 6. The fourth-order valence-electron chi connectivity index (χ4n) is 1.73. The van der Waals surface area contributed by atoms with Gasteiger partial charge in [-0.1, -0.05) is 0 Å². The molecule has 0 unspecified atom stereocenters. The molecule has 0 aliphatic carbocycles. The molecule has 22 heavy (non-hydrogen) atoms. The molecule has 2 amide bonds. The Morgan fingerprint density at radius 3 is 2.14 bits per heavy atom. The number of ether oxygens (including phenoxy) is 2. The van der Waals surface area contributed by atoms with Gasteiger partial charge in [0, 0.05) is 11.3 Å². The number of primary amides is 1. The molecule has 2 aromatic carbocycles. The Hall–Kier alpha value is -3.02. The number of carbonyl (C=O) groups is 2. The molecular weight excluding hydrogens is 284 g/mol. The summed E-state index contributed by atoms with van der Waals surface area (Å²) in [5.74, 6) is 0.416. The van der Waals surface area contributed by atoms with E-state index in [1.165, 1.54) is 0 Å². The van der Waals surface area contributed by atoms with Gasteiger partial charge in [0.15, 0.2) is 6.61 Å². The van der Waals surface area contributed by atoms with Crippen LogP contribution in [0.25, 0.3) is 0 Å². The van der Waals surface area contributed by atoms with E-state index < -0.39 is 5.91 Å². The Balaban J connectivity index is 1.97. The van der Waals surface area contributed by atoms with Gasteiger partial charge in [-0.15, -0.1) is 0 Å². The van der Waals surface area contributed by atoms with E-state index in [0.717, 1.165) is 0 Å². The van der Waals surface area contributed by atoms with Crippen molar-refractivity contribution in [3.63, 3.8) is 0 Å². The lowest BCUT2D eigenvalue weighted by atomic mass is 10.2. The second kappa shape index (κ2) is 7.12. The Bertz CT molecular complexity index is 651. The summed E-state index contributed by atoms with van der Waals surface area (Å²) in [6, 6.07) is 13.4. The number of amides is 2. The lowest BCUT2D eigenvalue weighted by molar-refractivity contribution is -0.119. The van der Waals surface area contributed by atoms with Gasteiger partial charge >= 0.3 is 0 Å². The summed E-state index contributed by atoms with van der Waals surface area (Å²) >= 11 is 0. The lowest BCUT2D eigenvalue weighted by Crippen LogP contribution is -2.20. The quantitative estimate of drug-likeness (QED) is 0.851. The van der Waals surface area contributed by atoms with Crippen molar-refractivity contribution in [1.29, 1.82) is 0 Å². The first-order valence-electron chi connectivity index (χ1n) is 6.55. The number of anilines is 1. The van der Waals surface area contributed by atoms with Crippen molar-refractivity contribution < 1.29 is 19.1 Å². The van der Waals surface area contributed by atoms with Crippen molar-refractivity contribution in [2.45, 2.75) is 0 Å². The number of benzene rings is 2. The molecule has 6 nitrogen and oxygen atoms in total. The van der Waals surface area contributed by atoms with Crippen molar-refractivity contribution in [3.8, 4) is 11.5 Å². The number of nitrogens with one attached hydrogen (secondary N) is 1. The van der Waals surface area contributed by atoms with Crippen LogP contribution in [0.1, 0.15) is 10.4 Å². The molecule has 0 radical (unpaired) electrons. The van der Waals surface area contributed by atoms with E-state index in [0.29, 0.717) is 22.7 Å². The Morgan fingerprint density at radius 2 is 1.59 bits per heavy atom. The standard InChI is InChI=1S/C16H16N2O4/c1-21-13-6-2-11(3-7-13)16(20)18-12-4-8-14(9-5-12)22-10-15(17)19/h2-9H,10H2,1H3,(H2,17,19)(H,18,20). The van der Waals surface area contributed by atoms with Crippen LogP contribution < -0.4 is 20.5 Å². The van der Waals surface area contributed by atoms with Gasteiger partial charge in [0.05, 0.1) is 7.11 Å². The average molecular weight is 300 g/mol. The molecule has 0 atom stereocenters. The van der Waals surface area contributed by atoms with Crippen LogP contribution in [0.15, 0.2) is 48.5 Å². The zero-order valence-corrected chi connectivity index (χ0v) is 12.0. The zero-order valence-electron chi connectivity index (χ0n) is 12.0. The smallest absolute Gasteiger partial charge is 0.255 e. The first kappa shape index (κ1) is 15.4. The summed E-state index contributed by atoms with van der Waals surface area (Å²) in [5.41, 5.74) is 6.13. The molecular formula is C16H16N2O4. The van der Waals surface area contributed by atoms with E-state index in [1.54, 1.807) is 55.6 Å². The minimum atomic E-state index is -0.545. The van der Waals surface area contributed by atoms with Crippen LogP contribution in [0.2, 0.25) is 0 Å². The third-order valence-electron chi connectivity index (χ3n) is 2.85. The average Bonchev–Trinajstić information content (AvgIpc) is 2.54. The number of hydrogen-bond donors (Lipinski definition) is 2. The van der Waals surface area contributed by atoms with E-state index in [4.69, 9.17) is 15.2 Å². The first-order valence-corrected chi connectivity index (χ1v) is 6.55. The predicted octanol–water partition coefficient (Wildman–Crippen LogP) is 1.81. The minimum absolute atomic E-state index is 0.183. The maximum absolute atomic E-state index is 12.1. The number of nitrogens with two attached hydrogens (primary N) is 1. The van der Waals surface area contributed by atoms with E-state index >= 15 is 0 Å². The number of carbonyl (C=O) groups excluding carboxylic acids is 2. The second-order valence-corrected chi connectivity index (χ2v) is 4.46. The SMILES string of the molecule is COc1ccc(C(=O)Nc2ccc(OCC(N)=O)cc2)cc1. The molecule has 2 aromatic rings. The van der Waals surface area contributed by atoms with Gasteiger partial charge in [0.1, 0.15) is 11.5 Å². The highest BCUT2D eigenvalue weighted by molar-refractivity contribution is 6.04. The maximum Gasteiger partial charge on any atom is 0.255 e. The summed E-state index contributed by atoms with van der Waals surface area (Å²) in [4.78, 5) is 22.7. The van der Waals surface area contributed by atoms with Gasteiger partial charge in [0.2, 0.25) is 0 Å². The van der Waals surface area contributed by atoms with Crippen LogP contribution in [0.5, 0.6) is 11.5 Å².